The molecule has 0 amide bonds. The zero-order chi connectivity index (χ0) is 9.68. The topological polar surface area (TPSA) is 17.1 Å². The molecule has 0 spiro atoms. The Morgan fingerprint density at radius 3 is 2.38 bits per heavy atom. The minimum absolute atomic E-state index is 0.162. The summed E-state index contributed by atoms with van der Waals surface area (Å²) in [5.41, 5.74) is 1.32. The first-order chi connectivity index (χ1) is 6.24. The Bertz CT molecular complexity index is 253. The molecule has 1 nitrogen and oxygen atoms in total. The number of benzene rings is 1. The van der Waals surface area contributed by atoms with Crippen molar-refractivity contribution in [3.05, 3.63) is 35.9 Å². The van der Waals surface area contributed by atoms with Crippen LogP contribution in [0.2, 0.25) is 0 Å². The van der Waals surface area contributed by atoms with Crippen LogP contribution in [-0.2, 0) is 4.79 Å². The van der Waals surface area contributed by atoms with Crippen LogP contribution < -0.4 is 0 Å². The maximum Gasteiger partial charge on any atom is 0.122 e. The van der Waals surface area contributed by atoms with Gasteiger partial charge in [-0.25, -0.2) is 0 Å². The lowest BCUT2D eigenvalue weighted by molar-refractivity contribution is -0.110. The molecule has 0 N–H and O–H groups in total. The average molecular weight is 176 g/mol. The van der Waals surface area contributed by atoms with Crippen LogP contribution in [0.15, 0.2) is 30.3 Å². The second kappa shape index (κ2) is 4.80. The standard InChI is InChI=1S/C12H16O/c1-10(9-13)8-11(2)12-6-4-3-5-7-12/h3-7,9-11H,8H2,1-2H3. The Hall–Kier alpha value is -1.11. The predicted molar refractivity (Wildman–Crippen MR) is 54.7 cm³/mol. The Labute approximate surface area is 79.8 Å². The van der Waals surface area contributed by atoms with Crippen LogP contribution in [0.5, 0.6) is 0 Å². The molecular formula is C12H16O. The Kier molecular flexibility index (Phi) is 3.69. The van der Waals surface area contributed by atoms with Gasteiger partial charge in [-0.15, -0.1) is 0 Å². The van der Waals surface area contributed by atoms with E-state index in [-0.39, 0.29) is 5.92 Å². The number of aldehydes is 1. The summed E-state index contributed by atoms with van der Waals surface area (Å²) in [4.78, 5) is 10.5. The molecule has 0 saturated carbocycles. The molecule has 0 heterocycles. The summed E-state index contributed by atoms with van der Waals surface area (Å²) < 4.78 is 0. The second-order valence-corrected chi connectivity index (χ2v) is 3.66. The van der Waals surface area contributed by atoms with Crippen LogP contribution >= 0.6 is 0 Å². The zero-order valence-corrected chi connectivity index (χ0v) is 8.23. The highest BCUT2D eigenvalue weighted by Gasteiger charge is 2.08. The minimum atomic E-state index is 0.162. The first kappa shape index (κ1) is 9.97. The fourth-order valence-electron chi connectivity index (χ4n) is 1.53. The van der Waals surface area contributed by atoms with E-state index >= 15 is 0 Å². The van der Waals surface area contributed by atoms with E-state index in [1.54, 1.807) is 0 Å². The van der Waals surface area contributed by atoms with Crippen LogP contribution in [0.25, 0.3) is 0 Å². The second-order valence-electron chi connectivity index (χ2n) is 3.66. The van der Waals surface area contributed by atoms with Gasteiger partial charge in [0.2, 0.25) is 0 Å². The molecule has 1 rings (SSSR count). The number of carbonyl (C=O) groups excluding carboxylic acids is 1. The Balaban J connectivity index is 2.58. The summed E-state index contributed by atoms with van der Waals surface area (Å²) in [6.45, 7) is 4.13. The quantitative estimate of drug-likeness (QED) is 0.644. The molecule has 1 aromatic carbocycles. The average Bonchev–Trinajstić information content (AvgIpc) is 2.19. The van der Waals surface area contributed by atoms with E-state index in [1.807, 2.05) is 25.1 Å². The van der Waals surface area contributed by atoms with E-state index in [9.17, 15) is 4.79 Å². The van der Waals surface area contributed by atoms with Gasteiger partial charge in [-0.1, -0.05) is 44.2 Å². The van der Waals surface area contributed by atoms with E-state index in [0.717, 1.165) is 12.7 Å². The van der Waals surface area contributed by atoms with Crippen molar-refractivity contribution in [2.75, 3.05) is 0 Å². The molecule has 0 aliphatic heterocycles. The first-order valence-corrected chi connectivity index (χ1v) is 4.74. The fraction of sp³-hybridized carbons (Fsp3) is 0.417. The maximum absolute atomic E-state index is 10.5. The molecular weight excluding hydrogens is 160 g/mol. The Morgan fingerprint density at radius 1 is 1.23 bits per heavy atom. The van der Waals surface area contributed by atoms with E-state index in [0.29, 0.717) is 5.92 Å². The predicted octanol–water partition coefficient (Wildman–Crippen LogP) is 3.02. The van der Waals surface area contributed by atoms with Gasteiger partial charge >= 0.3 is 0 Å². The van der Waals surface area contributed by atoms with Crippen LogP contribution in [-0.4, -0.2) is 6.29 Å². The molecule has 0 radical (unpaired) electrons. The van der Waals surface area contributed by atoms with Gasteiger partial charge in [-0.2, -0.15) is 0 Å². The number of hydrogen-bond acceptors (Lipinski definition) is 1. The molecule has 1 heteroatoms. The highest BCUT2D eigenvalue weighted by Crippen LogP contribution is 2.21. The third-order valence-corrected chi connectivity index (χ3v) is 2.33. The summed E-state index contributed by atoms with van der Waals surface area (Å²) in [7, 11) is 0. The molecule has 0 fully saturated rings. The van der Waals surface area contributed by atoms with Gasteiger partial charge in [-0.05, 0) is 17.9 Å². The summed E-state index contributed by atoms with van der Waals surface area (Å²) >= 11 is 0. The third-order valence-electron chi connectivity index (χ3n) is 2.33. The summed E-state index contributed by atoms with van der Waals surface area (Å²) in [6.07, 6.45) is 1.97. The van der Waals surface area contributed by atoms with Crippen LogP contribution in [0.3, 0.4) is 0 Å². The number of rotatable bonds is 4. The van der Waals surface area contributed by atoms with Gasteiger partial charge in [0.25, 0.3) is 0 Å². The van der Waals surface area contributed by atoms with E-state index in [4.69, 9.17) is 0 Å². The largest absolute Gasteiger partial charge is 0.303 e. The lowest BCUT2D eigenvalue weighted by Gasteiger charge is -2.12. The van der Waals surface area contributed by atoms with Crippen molar-refractivity contribution in [3.63, 3.8) is 0 Å². The van der Waals surface area contributed by atoms with Crippen molar-refractivity contribution in [1.29, 1.82) is 0 Å². The monoisotopic (exact) mass is 176 g/mol. The molecule has 2 unspecified atom stereocenters. The molecule has 0 aliphatic carbocycles. The molecule has 1 aromatic rings. The molecule has 0 saturated heterocycles. The molecule has 2 atom stereocenters. The molecule has 0 aliphatic rings. The van der Waals surface area contributed by atoms with Gasteiger partial charge in [0.1, 0.15) is 6.29 Å². The molecule has 70 valence electrons. The zero-order valence-electron chi connectivity index (χ0n) is 8.23. The summed E-state index contributed by atoms with van der Waals surface area (Å²) in [5, 5.41) is 0. The summed E-state index contributed by atoms with van der Waals surface area (Å²) in [6, 6.07) is 10.3. The number of hydrogen-bond donors (Lipinski definition) is 0. The summed E-state index contributed by atoms with van der Waals surface area (Å²) in [5.74, 6) is 0.636. The lowest BCUT2D eigenvalue weighted by atomic mass is 9.92. The van der Waals surface area contributed by atoms with Crippen LogP contribution in [0, 0.1) is 5.92 Å². The van der Waals surface area contributed by atoms with Crippen molar-refractivity contribution < 1.29 is 4.79 Å². The smallest absolute Gasteiger partial charge is 0.122 e. The van der Waals surface area contributed by atoms with Gasteiger partial charge in [-0.3, -0.25) is 0 Å². The van der Waals surface area contributed by atoms with Crippen molar-refractivity contribution in [2.45, 2.75) is 26.2 Å². The van der Waals surface area contributed by atoms with E-state index < -0.39 is 0 Å². The number of carbonyl (C=O) groups is 1. The van der Waals surface area contributed by atoms with E-state index in [1.165, 1.54) is 5.56 Å². The van der Waals surface area contributed by atoms with Crippen LogP contribution in [0.1, 0.15) is 31.7 Å². The van der Waals surface area contributed by atoms with E-state index in [2.05, 4.69) is 19.1 Å². The molecule has 0 aromatic heterocycles. The van der Waals surface area contributed by atoms with Crippen molar-refractivity contribution >= 4 is 6.29 Å². The van der Waals surface area contributed by atoms with Gasteiger partial charge < -0.3 is 4.79 Å². The highest BCUT2D eigenvalue weighted by molar-refractivity contribution is 5.52. The van der Waals surface area contributed by atoms with Crippen molar-refractivity contribution in [3.8, 4) is 0 Å². The SMILES string of the molecule is CC(C=O)CC(C)c1ccccc1. The minimum Gasteiger partial charge on any atom is -0.303 e. The molecule has 13 heavy (non-hydrogen) atoms. The first-order valence-electron chi connectivity index (χ1n) is 4.74. The van der Waals surface area contributed by atoms with Gasteiger partial charge in [0, 0.05) is 5.92 Å². The van der Waals surface area contributed by atoms with Crippen LogP contribution in [0.4, 0.5) is 0 Å². The van der Waals surface area contributed by atoms with Gasteiger partial charge in [0.05, 0.1) is 0 Å². The maximum atomic E-state index is 10.5. The third kappa shape index (κ3) is 3.02. The molecule has 0 bridgehead atoms. The highest BCUT2D eigenvalue weighted by atomic mass is 16.1. The fourth-order valence-corrected chi connectivity index (χ4v) is 1.53. The van der Waals surface area contributed by atoms with Crippen molar-refractivity contribution in [1.82, 2.24) is 0 Å². The van der Waals surface area contributed by atoms with Gasteiger partial charge in [0.15, 0.2) is 0 Å². The van der Waals surface area contributed by atoms with Crippen molar-refractivity contribution in [2.24, 2.45) is 5.92 Å². The lowest BCUT2D eigenvalue weighted by Crippen LogP contribution is -2.02. The normalized spacial score (nSPS) is 14.9. The Morgan fingerprint density at radius 2 is 1.85 bits per heavy atom.